The van der Waals surface area contributed by atoms with Gasteiger partial charge in [0.25, 0.3) is 0 Å². The van der Waals surface area contributed by atoms with E-state index in [0.29, 0.717) is 49.1 Å². The Morgan fingerprint density at radius 2 is 1.82 bits per heavy atom. The van der Waals surface area contributed by atoms with Crippen LogP contribution in [0.3, 0.4) is 0 Å². The number of halogens is 4. The van der Waals surface area contributed by atoms with Crippen LogP contribution in [0.1, 0.15) is 58.6 Å². The van der Waals surface area contributed by atoms with Gasteiger partial charge in [0.2, 0.25) is 5.95 Å². The highest BCUT2D eigenvalue weighted by Crippen LogP contribution is 2.43. The molecule has 1 amide bonds. The smallest absolute Gasteiger partial charge is 0.416 e. The Morgan fingerprint density at radius 3 is 2.42 bits per heavy atom. The maximum atomic E-state index is 13.3. The van der Waals surface area contributed by atoms with Gasteiger partial charge in [-0.25, -0.2) is 34.6 Å². The lowest BCUT2D eigenvalue weighted by Gasteiger charge is -2.31. The second-order valence-corrected chi connectivity index (χ2v) is 11.5. The number of hydrogen-bond donors (Lipinski definition) is 0. The summed E-state index contributed by atoms with van der Waals surface area (Å²) in [5.41, 5.74) is 0.744. The lowest BCUT2D eigenvalue weighted by Crippen LogP contribution is -2.37. The van der Waals surface area contributed by atoms with E-state index in [2.05, 4.69) is 15.0 Å². The zero-order chi connectivity index (χ0) is 29.2. The van der Waals surface area contributed by atoms with Crippen molar-refractivity contribution in [2.75, 3.05) is 43.2 Å². The largest absolute Gasteiger partial charge is 0.443 e. The first-order valence-corrected chi connectivity index (χ1v) is 13.4. The molecule has 0 aliphatic carbocycles. The summed E-state index contributed by atoms with van der Waals surface area (Å²) in [6, 6.07) is 0. The first-order chi connectivity index (χ1) is 18.7. The zero-order valence-corrected chi connectivity index (χ0v) is 23.9. The summed E-state index contributed by atoms with van der Waals surface area (Å²) in [6.07, 6.45) is -2.64. The van der Waals surface area contributed by atoms with Gasteiger partial charge >= 0.3 is 12.3 Å². The molecule has 0 bridgehead atoms. The quantitative estimate of drug-likeness (QED) is 0.439. The number of fused-ring (bicyclic) bond motifs is 1. The van der Waals surface area contributed by atoms with E-state index >= 15 is 0 Å². The van der Waals surface area contributed by atoms with Crippen molar-refractivity contribution >= 4 is 40.3 Å². The minimum Gasteiger partial charge on any atom is -0.443 e. The highest BCUT2D eigenvalue weighted by Gasteiger charge is 2.35. The van der Waals surface area contributed by atoms with Gasteiger partial charge in [0.1, 0.15) is 16.5 Å². The highest BCUT2D eigenvalue weighted by molar-refractivity contribution is 6.65. The molecule has 0 N–H and O–H groups in total. The van der Waals surface area contributed by atoms with Gasteiger partial charge in [-0.05, 0) is 33.1 Å². The fraction of sp³-hybridized carbons (Fsp3) is 0.615. The van der Waals surface area contributed by atoms with Crippen LogP contribution in [0, 0.1) is 5.92 Å². The van der Waals surface area contributed by atoms with Crippen molar-refractivity contribution in [3.8, 4) is 11.4 Å². The van der Waals surface area contributed by atoms with E-state index < -0.39 is 30.2 Å². The summed E-state index contributed by atoms with van der Waals surface area (Å²) in [5.74, 6) is -0.140. The third-order valence-corrected chi connectivity index (χ3v) is 6.67. The van der Waals surface area contributed by atoms with Crippen LogP contribution < -0.4 is 9.80 Å². The molecule has 14 heteroatoms. The normalized spacial score (nSPS) is 20.2. The number of morpholine rings is 1. The van der Waals surface area contributed by atoms with Gasteiger partial charge in [0, 0.05) is 51.3 Å². The van der Waals surface area contributed by atoms with Crippen molar-refractivity contribution in [1.29, 1.82) is 0 Å². The molecule has 2 unspecified atom stereocenters. The monoisotopic (exact) mass is 583 g/mol. The number of carbonyl (C=O) groups is 1. The summed E-state index contributed by atoms with van der Waals surface area (Å²) >= 11 is 6.39. The molecule has 10 nitrogen and oxygen atoms in total. The number of aromatic nitrogens is 4. The van der Waals surface area contributed by atoms with Crippen molar-refractivity contribution in [1.82, 2.24) is 19.9 Å². The zero-order valence-electron chi connectivity index (χ0n) is 23.1. The molecule has 4 heterocycles. The average molecular weight is 584 g/mol. The van der Waals surface area contributed by atoms with Crippen LogP contribution in [0.5, 0.6) is 0 Å². The molecule has 0 aromatic carbocycles. The predicted octanol–water partition coefficient (Wildman–Crippen LogP) is 5.88. The third-order valence-electron chi connectivity index (χ3n) is 6.43. The number of amides is 1. The van der Waals surface area contributed by atoms with Crippen LogP contribution in [0.4, 0.5) is 35.4 Å². The van der Waals surface area contributed by atoms with E-state index in [0.717, 1.165) is 0 Å². The summed E-state index contributed by atoms with van der Waals surface area (Å²) in [6.45, 7) is 9.20. The van der Waals surface area contributed by atoms with Crippen LogP contribution in [-0.4, -0.2) is 76.3 Å². The summed E-state index contributed by atoms with van der Waals surface area (Å²) < 4.78 is 50.7. The Hall–Kier alpha value is -3.06. The Balaban J connectivity index is 1.73. The molecular weight excluding hydrogens is 551 g/mol. The standard InChI is InChI=1S/C26H33ClF3N7O3/c1-15-10-16(12-26(28,29)30)11-18(27)33-20-19(15)34-21(35-22(20)37-6-8-39-9-7-37)17-13-31-23(32-14-17)36(5)24(38)40-25(2,3)4/h13-16H,6-12H2,1-5H3. The number of alkyl halides is 3. The van der Waals surface area contributed by atoms with Gasteiger partial charge < -0.3 is 14.4 Å². The number of anilines is 2. The number of rotatable bonds is 4. The van der Waals surface area contributed by atoms with Crippen LogP contribution in [-0.2, 0) is 9.47 Å². The number of hydrogen-bond acceptors (Lipinski definition) is 9. The molecule has 1 saturated heterocycles. The molecule has 0 spiro atoms. The van der Waals surface area contributed by atoms with Gasteiger partial charge in [0.15, 0.2) is 11.6 Å². The van der Waals surface area contributed by atoms with Crippen LogP contribution in [0.25, 0.3) is 11.4 Å². The van der Waals surface area contributed by atoms with Gasteiger partial charge in [-0.2, -0.15) is 13.2 Å². The lowest BCUT2D eigenvalue weighted by molar-refractivity contribution is -0.144. The molecule has 40 heavy (non-hydrogen) atoms. The van der Waals surface area contributed by atoms with Crippen molar-refractivity contribution in [2.24, 2.45) is 10.9 Å². The van der Waals surface area contributed by atoms with E-state index in [-0.39, 0.29) is 35.7 Å². The Bertz CT molecular complexity index is 1250. The topological polar surface area (TPSA) is 106 Å². The Kier molecular flexibility index (Phi) is 8.83. The highest BCUT2D eigenvalue weighted by atomic mass is 35.5. The minimum atomic E-state index is -4.31. The molecule has 4 rings (SSSR count). The molecule has 2 aromatic rings. The fourth-order valence-electron chi connectivity index (χ4n) is 4.64. The molecule has 2 aliphatic heterocycles. The van der Waals surface area contributed by atoms with Gasteiger partial charge in [-0.3, -0.25) is 0 Å². The van der Waals surface area contributed by atoms with Crippen molar-refractivity contribution < 1.29 is 27.4 Å². The Labute approximate surface area is 236 Å². The molecule has 0 saturated carbocycles. The van der Waals surface area contributed by atoms with Crippen LogP contribution in [0.2, 0.25) is 0 Å². The average Bonchev–Trinajstić information content (AvgIpc) is 2.86. The molecule has 2 aliphatic rings. The van der Waals surface area contributed by atoms with Gasteiger partial charge in [-0.1, -0.05) is 18.5 Å². The molecule has 2 aromatic heterocycles. The first kappa shape index (κ1) is 29.9. The lowest BCUT2D eigenvalue weighted by atomic mass is 9.87. The second kappa shape index (κ2) is 11.8. The van der Waals surface area contributed by atoms with E-state index in [1.54, 1.807) is 20.8 Å². The summed E-state index contributed by atoms with van der Waals surface area (Å²) in [4.78, 5) is 38.3. The molecule has 0 radical (unpaired) electrons. The molecular formula is C26H33ClF3N7O3. The van der Waals surface area contributed by atoms with Crippen molar-refractivity contribution in [3.05, 3.63) is 18.1 Å². The van der Waals surface area contributed by atoms with Gasteiger partial charge in [-0.15, -0.1) is 0 Å². The van der Waals surface area contributed by atoms with Crippen molar-refractivity contribution in [3.63, 3.8) is 0 Å². The number of aliphatic imine (C=N–C) groups is 1. The number of carbonyl (C=O) groups excluding carboxylic acids is 1. The fourth-order valence-corrected chi connectivity index (χ4v) is 4.94. The van der Waals surface area contributed by atoms with E-state index in [1.165, 1.54) is 24.3 Å². The minimum absolute atomic E-state index is 0.0234. The molecule has 218 valence electrons. The van der Waals surface area contributed by atoms with Crippen LogP contribution >= 0.6 is 11.6 Å². The Morgan fingerprint density at radius 1 is 1.18 bits per heavy atom. The predicted molar refractivity (Wildman–Crippen MR) is 145 cm³/mol. The van der Waals surface area contributed by atoms with E-state index in [9.17, 15) is 18.0 Å². The van der Waals surface area contributed by atoms with E-state index in [1.807, 2.05) is 11.8 Å². The SMILES string of the molecule is CC1CC(CC(F)(F)F)CC(Cl)=Nc2c1nc(-c1cnc(N(C)C(=O)OC(C)(C)C)nc1)nc2N1CCOCC1. The molecule has 1 fully saturated rings. The first-order valence-electron chi connectivity index (χ1n) is 13.0. The van der Waals surface area contributed by atoms with E-state index in [4.69, 9.17) is 31.0 Å². The third kappa shape index (κ3) is 7.57. The maximum absolute atomic E-state index is 13.3. The summed E-state index contributed by atoms with van der Waals surface area (Å²) in [7, 11) is 1.50. The van der Waals surface area contributed by atoms with Gasteiger partial charge in [0.05, 0.1) is 24.5 Å². The molecule has 2 atom stereocenters. The van der Waals surface area contributed by atoms with Crippen LogP contribution in [0.15, 0.2) is 17.4 Å². The second-order valence-electron chi connectivity index (χ2n) is 11.0. The number of ether oxygens (including phenoxy) is 2. The van der Waals surface area contributed by atoms with Crippen molar-refractivity contribution in [2.45, 2.75) is 64.7 Å². The summed E-state index contributed by atoms with van der Waals surface area (Å²) in [5, 5.41) is 0.0890. The maximum Gasteiger partial charge on any atom is 0.416 e. The number of nitrogens with zero attached hydrogens (tertiary/aromatic N) is 7.